The highest BCUT2D eigenvalue weighted by Gasteiger charge is 2.21. The first-order valence-corrected chi connectivity index (χ1v) is 10.8. The Morgan fingerprint density at radius 3 is 2.42 bits per heavy atom. The summed E-state index contributed by atoms with van der Waals surface area (Å²) in [7, 11) is 1.59. The van der Waals surface area contributed by atoms with Crippen molar-refractivity contribution in [1.29, 1.82) is 0 Å². The zero-order valence-electron chi connectivity index (χ0n) is 17.4. The Labute approximate surface area is 192 Å². The van der Waals surface area contributed by atoms with Crippen molar-refractivity contribution in [3.05, 3.63) is 52.5 Å². The quantitative estimate of drug-likeness (QED) is 0.590. The minimum Gasteiger partial charge on any atom is -0.493 e. The molecule has 3 rings (SSSR count). The predicted octanol–water partition coefficient (Wildman–Crippen LogP) is 3.00. The van der Waals surface area contributed by atoms with Crippen molar-refractivity contribution in [2.75, 3.05) is 58.3 Å². The van der Waals surface area contributed by atoms with E-state index in [1.165, 1.54) is 0 Å². The molecule has 0 radical (unpaired) electrons. The number of carbonyl (C=O) groups excluding carboxylic acids is 1. The number of para-hydroxylation sites is 2. The van der Waals surface area contributed by atoms with Crippen LogP contribution in [0, 0.1) is 0 Å². The number of hydrogen-bond donors (Lipinski definition) is 2. The number of β-amino-alcohol motifs (C(OH)–C–C–N with tert-alkyl or cyclic N) is 1. The average Bonchev–Trinajstić information content (AvgIpc) is 2.76. The Kier molecular flexibility index (Phi) is 8.80. The SMILES string of the molecule is COc1ccccc1OCC(O)CN1CCN(CC(=O)Nc2ccc(Cl)c(Cl)c2)CC1. The summed E-state index contributed by atoms with van der Waals surface area (Å²) in [5, 5.41) is 14.0. The van der Waals surface area contributed by atoms with Crippen LogP contribution in [0.3, 0.4) is 0 Å². The standard InChI is InChI=1S/C22H27Cl2N3O4/c1-30-20-4-2-3-5-21(20)31-15-17(28)13-26-8-10-27(11-9-26)14-22(29)25-16-6-7-18(23)19(24)12-16/h2-7,12,17,28H,8-11,13-15H2,1H3,(H,25,29). The molecule has 1 aliphatic heterocycles. The highest BCUT2D eigenvalue weighted by atomic mass is 35.5. The maximum atomic E-state index is 12.3. The highest BCUT2D eigenvalue weighted by molar-refractivity contribution is 6.42. The third-order valence-corrected chi connectivity index (χ3v) is 5.74. The second-order valence-electron chi connectivity index (χ2n) is 7.37. The molecule has 9 heteroatoms. The number of ether oxygens (including phenoxy) is 2. The van der Waals surface area contributed by atoms with Gasteiger partial charge in [0.05, 0.1) is 23.7 Å². The highest BCUT2D eigenvalue weighted by Crippen LogP contribution is 2.26. The third kappa shape index (κ3) is 7.26. The Balaban J connectivity index is 1.37. The summed E-state index contributed by atoms with van der Waals surface area (Å²) in [5.41, 5.74) is 0.621. The summed E-state index contributed by atoms with van der Waals surface area (Å²) in [6.07, 6.45) is -0.616. The lowest BCUT2D eigenvalue weighted by atomic mass is 10.2. The van der Waals surface area contributed by atoms with Gasteiger partial charge in [0.2, 0.25) is 5.91 Å². The van der Waals surface area contributed by atoms with E-state index in [0.717, 1.165) is 26.2 Å². The van der Waals surface area contributed by atoms with E-state index in [2.05, 4.69) is 15.1 Å². The first kappa shape index (κ1) is 23.6. The van der Waals surface area contributed by atoms with E-state index in [9.17, 15) is 9.90 Å². The van der Waals surface area contributed by atoms with Gasteiger partial charge in [0.1, 0.15) is 12.7 Å². The number of rotatable bonds is 9. The lowest BCUT2D eigenvalue weighted by molar-refractivity contribution is -0.117. The minimum absolute atomic E-state index is 0.0999. The van der Waals surface area contributed by atoms with Crippen LogP contribution < -0.4 is 14.8 Å². The fourth-order valence-electron chi connectivity index (χ4n) is 3.38. The van der Waals surface area contributed by atoms with E-state index >= 15 is 0 Å². The maximum Gasteiger partial charge on any atom is 0.238 e. The first-order chi connectivity index (χ1) is 14.9. The summed E-state index contributed by atoms with van der Waals surface area (Å²) in [5.74, 6) is 1.15. The van der Waals surface area contributed by atoms with E-state index in [4.69, 9.17) is 32.7 Å². The molecule has 0 bridgehead atoms. The van der Waals surface area contributed by atoms with Crippen LogP contribution in [0.2, 0.25) is 10.0 Å². The van der Waals surface area contributed by atoms with Gasteiger partial charge in [-0.2, -0.15) is 0 Å². The average molecular weight is 468 g/mol. The van der Waals surface area contributed by atoms with Crippen LogP contribution in [0.4, 0.5) is 5.69 Å². The summed E-state index contributed by atoms with van der Waals surface area (Å²) < 4.78 is 10.9. The molecule has 1 fully saturated rings. The molecular weight excluding hydrogens is 441 g/mol. The van der Waals surface area contributed by atoms with Crippen molar-refractivity contribution in [1.82, 2.24) is 9.80 Å². The Hall–Kier alpha value is -2.03. The number of aliphatic hydroxyl groups excluding tert-OH is 1. The molecule has 1 atom stereocenters. The lowest BCUT2D eigenvalue weighted by Crippen LogP contribution is -2.50. The topological polar surface area (TPSA) is 74.3 Å². The van der Waals surface area contributed by atoms with E-state index < -0.39 is 6.10 Å². The third-order valence-electron chi connectivity index (χ3n) is 5.00. The van der Waals surface area contributed by atoms with Gasteiger partial charge in [0.25, 0.3) is 0 Å². The molecule has 0 saturated carbocycles. The molecule has 1 unspecified atom stereocenters. The first-order valence-electron chi connectivity index (χ1n) is 10.1. The number of piperazine rings is 1. The van der Waals surface area contributed by atoms with E-state index in [1.54, 1.807) is 25.3 Å². The van der Waals surface area contributed by atoms with Crippen LogP contribution in [0.1, 0.15) is 0 Å². The van der Waals surface area contributed by atoms with Gasteiger partial charge in [-0.05, 0) is 30.3 Å². The molecule has 0 aromatic heterocycles. The largest absolute Gasteiger partial charge is 0.493 e. The van der Waals surface area contributed by atoms with Crippen LogP contribution >= 0.6 is 23.2 Å². The molecule has 2 aromatic rings. The summed E-state index contributed by atoms with van der Waals surface area (Å²) in [6.45, 7) is 4.03. The van der Waals surface area contributed by atoms with Gasteiger partial charge in [0, 0.05) is 38.4 Å². The van der Waals surface area contributed by atoms with Crippen LogP contribution in [-0.2, 0) is 4.79 Å². The zero-order chi connectivity index (χ0) is 22.2. The van der Waals surface area contributed by atoms with Gasteiger partial charge in [-0.25, -0.2) is 0 Å². The summed E-state index contributed by atoms with van der Waals surface area (Å²) in [4.78, 5) is 16.6. The van der Waals surface area contributed by atoms with Crippen molar-refractivity contribution in [2.24, 2.45) is 0 Å². The molecule has 2 aromatic carbocycles. The maximum absolute atomic E-state index is 12.3. The van der Waals surface area contributed by atoms with E-state index in [-0.39, 0.29) is 12.5 Å². The summed E-state index contributed by atoms with van der Waals surface area (Å²) >= 11 is 11.9. The normalized spacial score (nSPS) is 16.0. The summed E-state index contributed by atoms with van der Waals surface area (Å²) in [6, 6.07) is 12.4. The van der Waals surface area contributed by atoms with Gasteiger partial charge in [0.15, 0.2) is 11.5 Å². The number of carbonyl (C=O) groups is 1. The van der Waals surface area contributed by atoms with Crippen molar-refractivity contribution >= 4 is 34.8 Å². The molecular formula is C22H27Cl2N3O4. The van der Waals surface area contributed by atoms with Crippen molar-refractivity contribution in [2.45, 2.75) is 6.10 Å². The number of methoxy groups -OCH3 is 1. The molecule has 0 aliphatic carbocycles. The number of anilines is 1. The minimum atomic E-state index is -0.616. The van der Waals surface area contributed by atoms with Crippen molar-refractivity contribution in [3.63, 3.8) is 0 Å². The number of hydrogen-bond acceptors (Lipinski definition) is 6. The van der Waals surface area contributed by atoms with Crippen LogP contribution in [-0.4, -0.2) is 79.9 Å². The molecule has 168 valence electrons. The number of amides is 1. The second kappa shape index (κ2) is 11.5. The Bertz CT molecular complexity index is 876. The van der Waals surface area contributed by atoms with Crippen LogP contribution in [0.15, 0.2) is 42.5 Å². The van der Waals surface area contributed by atoms with Crippen LogP contribution in [0.5, 0.6) is 11.5 Å². The van der Waals surface area contributed by atoms with Gasteiger partial charge in [-0.15, -0.1) is 0 Å². The lowest BCUT2D eigenvalue weighted by Gasteiger charge is -2.35. The van der Waals surface area contributed by atoms with Gasteiger partial charge < -0.3 is 19.9 Å². The molecule has 31 heavy (non-hydrogen) atoms. The van der Waals surface area contributed by atoms with Crippen molar-refractivity contribution in [3.8, 4) is 11.5 Å². The number of aliphatic hydroxyl groups is 1. The number of nitrogens with zero attached hydrogens (tertiary/aromatic N) is 2. The van der Waals surface area contributed by atoms with Gasteiger partial charge in [-0.1, -0.05) is 35.3 Å². The van der Waals surface area contributed by atoms with E-state index in [1.807, 2.05) is 24.3 Å². The molecule has 1 heterocycles. The van der Waals surface area contributed by atoms with Crippen molar-refractivity contribution < 1.29 is 19.4 Å². The molecule has 1 aliphatic rings. The molecule has 1 saturated heterocycles. The number of benzene rings is 2. The Morgan fingerprint density at radius 1 is 1.06 bits per heavy atom. The fourth-order valence-corrected chi connectivity index (χ4v) is 3.68. The zero-order valence-corrected chi connectivity index (χ0v) is 18.9. The molecule has 0 spiro atoms. The number of halogens is 2. The monoisotopic (exact) mass is 467 g/mol. The van der Waals surface area contributed by atoms with Crippen LogP contribution in [0.25, 0.3) is 0 Å². The second-order valence-corrected chi connectivity index (χ2v) is 8.18. The molecule has 1 amide bonds. The van der Waals surface area contributed by atoms with Gasteiger partial charge >= 0.3 is 0 Å². The molecule has 7 nitrogen and oxygen atoms in total. The Morgan fingerprint density at radius 2 is 1.74 bits per heavy atom. The number of nitrogens with one attached hydrogen (secondary N) is 1. The molecule has 2 N–H and O–H groups in total. The van der Waals surface area contributed by atoms with Gasteiger partial charge in [-0.3, -0.25) is 14.6 Å². The fraction of sp³-hybridized carbons (Fsp3) is 0.409. The van der Waals surface area contributed by atoms with E-state index in [0.29, 0.717) is 40.3 Å². The predicted molar refractivity (Wildman–Crippen MR) is 122 cm³/mol. The smallest absolute Gasteiger partial charge is 0.238 e.